The number of carbonyl (C=O) groups excluding carboxylic acids is 1. The average molecular weight is 306 g/mol. The second-order valence-corrected chi connectivity index (χ2v) is 5.91. The topological polar surface area (TPSA) is 51.9 Å². The summed E-state index contributed by atoms with van der Waals surface area (Å²) in [6.45, 7) is 0. The molecule has 0 atom stereocenters. The molecule has 0 radical (unpaired) electrons. The van der Waals surface area contributed by atoms with Gasteiger partial charge in [-0.25, -0.2) is 4.68 Å². The maximum Gasteiger partial charge on any atom is 0.270 e. The first-order valence-corrected chi connectivity index (χ1v) is 7.80. The standard InChI is InChI=1S/C18H18N4O/c1-21-11-5-8-16(21)15-12-17(18(23)19-13-9-10-13)22(20-15)14-6-3-2-4-7-14/h2-8,11-13H,9-10H2,1H3,(H,19,23). The second kappa shape index (κ2) is 5.43. The van der Waals surface area contributed by atoms with E-state index in [4.69, 9.17) is 0 Å². The second-order valence-electron chi connectivity index (χ2n) is 5.91. The van der Waals surface area contributed by atoms with Gasteiger partial charge in [-0.3, -0.25) is 4.79 Å². The molecular formula is C18H18N4O. The first kappa shape index (κ1) is 13.8. The summed E-state index contributed by atoms with van der Waals surface area (Å²) < 4.78 is 3.72. The van der Waals surface area contributed by atoms with E-state index in [9.17, 15) is 4.79 Å². The number of aryl methyl sites for hydroxylation is 1. The summed E-state index contributed by atoms with van der Waals surface area (Å²) in [6, 6.07) is 15.9. The predicted octanol–water partition coefficient (Wildman–Crippen LogP) is 2.77. The molecule has 1 saturated carbocycles. The molecule has 1 N–H and O–H groups in total. The number of benzene rings is 1. The van der Waals surface area contributed by atoms with E-state index in [1.54, 1.807) is 4.68 Å². The molecule has 0 bridgehead atoms. The molecule has 0 spiro atoms. The highest BCUT2D eigenvalue weighted by molar-refractivity contribution is 5.94. The van der Waals surface area contributed by atoms with Gasteiger partial charge in [0.2, 0.25) is 0 Å². The lowest BCUT2D eigenvalue weighted by molar-refractivity contribution is 0.0943. The molecule has 1 amide bonds. The number of nitrogens with zero attached hydrogens (tertiary/aromatic N) is 3. The molecule has 0 aliphatic heterocycles. The van der Waals surface area contributed by atoms with Crippen LogP contribution >= 0.6 is 0 Å². The van der Waals surface area contributed by atoms with E-state index in [1.807, 2.05) is 66.3 Å². The van der Waals surface area contributed by atoms with Crippen LogP contribution in [0.1, 0.15) is 23.3 Å². The number of rotatable bonds is 4. The van der Waals surface area contributed by atoms with Crippen LogP contribution in [0.2, 0.25) is 0 Å². The van der Waals surface area contributed by atoms with Crippen LogP contribution in [0.4, 0.5) is 0 Å². The van der Waals surface area contributed by atoms with Crippen LogP contribution in [0, 0.1) is 0 Å². The molecule has 0 unspecified atom stereocenters. The molecule has 5 nitrogen and oxygen atoms in total. The number of nitrogens with one attached hydrogen (secondary N) is 1. The monoisotopic (exact) mass is 306 g/mol. The molecule has 2 heterocycles. The SMILES string of the molecule is Cn1cccc1-c1cc(C(=O)NC2CC2)n(-c2ccccc2)n1. The lowest BCUT2D eigenvalue weighted by Gasteiger charge is -2.07. The molecule has 1 aliphatic carbocycles. The lowest BCUT2D eigenvalue weighted by atomic mass is 10.2. The van der Waals surface area contributed by atoms with Gasteiger partial charge in [-0.05, 0) is 43.2 Å². The summed E-state index contributed by atoms with van der Waals surface area (Å²) >= 11 is 0. The number of amides is 1. The van der Waals surface area contributed by atoms with Gasteiger partial charge in [0, 0.05) is 19.3 Å². The minimum absolute atomic E-state index is 0.0655. The van der Waals surface area contributed by atoms with Gasteiger partial charge < -0.3 is 9.88 Å². The largest absolute Gasteiger partial charge is 0.349 e. The van der Waals surface area contributed by atoms with Gasteiger partial charge in [0.25, 0.3) is 5.91 Å². The maximum atomic E-state index is 12.6. The quantitative estimate of drug-likeness (QED) is 0.806. The van der Waals surface area contributed by atoms with Crippen molar-refractivity contribution in [1.29, 1.82) is 0 Å². The van der Waals surface area contributed by atoms with Crippen molar-refractivity contribution in [2.75, 3.05) is 0 Å². The minimum Gasteiger partial charge on any atom is -0.349 e. The molecule has 4 rings (SSSR count). The Morgan fingerprint density at radius 1 is 1.17 bits per heavy atom. The Balaban J connectivity index is 1.80. The van der Waals surface area contributed by atoms with Gasteiger partial charge in [-0.2, -0.15) is 5.10 Å². The zero-order chi connectivity index (χ0) is 15.8. The summed E-state index contributed by atoms with van der Waals surface area (Å²) in [5, 5.41) is 7.71. The minimum atomic E-state index is -0.0655. The van der Waals surface area contributed by atoms with Gasteiger partial charge in [0.1, 0.15) is 11.4 Å². The summed E-state index contributed by atoms with van der Waals surface area (Å²) in [4.78, 5) is 12.6. The smallest absolute Gasteiger partial charge is 0.270 e. The molecule has 1 aromatic carbocycles. The Bertz CT molecular complexity index is 843. The highest BCUT2D eigenvalue weighted by Gasteiger charge is 2.26. The Morgan fingerprint density at radius 2 is 1.96 bits per heavy atom. The fourth-order valence-electron chi connectivity index (χ4n) is 2.65. The third kappa shape index (κ3) is 2.65. The first-order valence-electron chi connectivity index (χ1n) is 7.80. The third-order valence-corrected chi connectivity index (χ3v) is 4.06. The summed E-state index contributed by atoms with van der Waals surface area (Å²) in [7, 11) is 1.97. The lowest BCUT2D eigenvalue weighted by Crippen LogP contribution is -2.27. The molecular weight excluding hydrogens is 288 g/mol. The van der Waals surface area contributed by atoms with Crippen LogP contribution < -0.4 is 5.32 Å². The molecule has 0 saturated heterocycles. The van der Waals surface area contributed by atoms with Crippen LogP contribution in [-0.4, -0.2) is 26.3 Å². The molecule has 23 heavy (non-hydrogen) atoms. The number of para-hydroxylation sites is 1. The van der Waals surface area contributed by atoms with Crippen LogP contribution in [-0.2, 0) is 7.05 Å². The summed E-state index contributed by atoms with van der Waals surface area (Å²) in [5.41, 5.74) is 3.23. The molecule has 3 aromatic rings. The number of hydrogen-bond acceptors (Lipinski definition) is 2. The highest BCUT2D eigenvalue weighted by atomic mass is 16.2. The van der Waals surface area contributed by atoms with E-state index in [2.05, 4.69) is 10.4 Å². The Labute approximate surface area is 134 Å². The van der Waals surface area contributed by atoms with Crippen LogP contribution in [0.15, 0.2) is 54.7 Å². The maximum absolute atomic E-state index is 12.6. The van der Waals surface area contributed by atoms with E-state index < -0.39 is 0 Å². The van der Waals surface area contributed by atoms with Gasteiger partial charge in [-0.15, -0.1) is 0 Å². The van der Waals surface area contributed by atoms with E-state index >= 15 is 0 Å². The van der Waals surface area contributed by atoms with Crippen molar-refractivity contribution in [3.8, 4) is 17.1 Å². The average Bonchev–Trinajstić information content (AvgIpc) is 3.10. The van der Waals surface area contributed by atoms with E-state index in [1.165, 1.54) is 0 Å². The van der Waals surface area contributed by atoms with Gasteiger partial charge in [-0.1, -0.05) is 18.2 Å². The highest BCUT2D eigenvalue weighted by Crippen LogP contribution is 2.24. The van der Waals surface area contributed by atoms with Crippen molar-refractivity contribution >= 4 is 5.91 Å². The van der Waals surface area contributed by atoms with Gasteiger partial charge >= 0.3 is 0 Å². The van der Waals surface area contributed by atoms with Gasteiger partial charge in [0.05, 0.1) is 11.4 Å². The normalized spacial score (nSPS) is 14.0. The zero-order valence-corrected chi connectivity index (χ0v) is 12.9. The number of aromatic nitrogens is 3. The van der Waals surface area contributed by atoms with Crippen molar-refractivity contribution < 1.29 is 4.79 Å². The van der Waals surface area contributed by atoms with E-state index in [-0.39, 0.29) is 5.91 Å². The Kier molecular flexibility index (Phi) is 3.26. The summed E-state index contributed by atoms with van der Waals surface area (Å²) in [5.74, 6) is -0.0655. The third-order valence-electron chi connectivity index (χ3n) is 4.06. The fraction of sp³-hybridized carbons (Fsp3) is 0.222. The Hall–Kier alpha value is -2.82. The Morgan fingerprint density at radius 3 is 2.61 bits per heavy atom. The molecule has 1 fully saturated rings. The molecule has 2 aromatic heterocycles. The van der Waals surface area contributed by atoms with Crippen molar-refractivity contribution in [3.63, 3.8) is 0 Å². The van der Waals surface area contributed by atoms with E-state index in [0.717, 1.165) is 29.9 Å². The van der Waals surface area contributed by atoms with Crippen LogP contribution in [0.25, 0.3) is 17.1 Å². The van der Waals surface area contributed by atoms with Crippen LogP contribution in [0.5, 0.6) is 0 Å². The van der Waals surface area contributed by atoms with Crippen molar-refractivity contribution in [1.82, 2.24) is 19.7 Å². The molecule has 1 aliphatic rings. The zero-order valence-electron chi connectivity index (χ0n) is 12.9. The van der Waals surface area contributed by atoms with Gasteiger partial charge in [0.15, 0.2) is 0 Å². The number of hydrogen-bond donors (Lipinski definition) is 1. The van der Waals surface area contributed by atoms with E-state index in [0.29, 0.717) is 11.7 Å². The first-order chi connectivity index (χ1) is 11.2. The summed E-state index contributed by atoms with van der Waals surface area (Å²) in [6.07, 6.45) is 4.10. The predicted molar refractivity (Wildman–Crippen MR) is 88.5 cm³/mol. The van der Waals surface area contributed by atoms with Crippen LogP contribution in [0.3, 0.4) is 0 Å². The number of carbonyl (C=O) groups is 1. The molecule has 5 heteroatoms. The fourth-order valence-corrected chi connectivity index (χ4v) is 2.65. The van der Waals surface area contributed by atoms with Crippen molar-refractivity contribution in [3.05, 3.63) is 60.4 Å². The van der Waals surface area contributed by atoms with Crippen molar-refractivity contribution in [2.45, 2.75) is 18.9 Å². The molecule has 116 valence electrons. The van der Waals surface area contributed by atoms with Crippen molar-refractivity contribution in [2.24, 2.45) is 7.05 Å².